The quantitative estimate of drug-likeness (QED) is 0.457. The third-order valence-electron chi connectivity index (χ3n) is 6.66. The van der Waals surface area contributed by atoms with Crippen LogP contribution in [-0.2, 0) is 20.5 Å². The van der Waals surface area contributed by atoms with Gasteiger partial charge in [0, 0.05) is 57.7 Å². The summed E-state index contributed by atoms with van der Waals surface area (Å²) in [5.74, 6) is -3.29. The molecule has 37 heavy (non-hydrogen) atoms. The van der Waals surface area contributed by atoms with Crippen molar-refractivity contribution in [2.75, 3.05) is 44.2 Å². The van der Waals surface area contributed by atoms with Crippen molar-refractivity contribution < 1.29 is 40.7 Å². The van der Waals surface area contributed by atoms with Crippen molar-refractivity contribution in [2.45, 2.75) is 49.9 Å². The predicted molar refractivity (Wildman–Crippen MR) is 116 cm³/mol. The number of aromatic nitrogens is 2. The van der Waals surface area contributed by atoms with E-state index in [0.717, 1.165) is 12.4 Å². The van der Waals surface area contributed by atoms with E-state index in [9.17, 15) is 35.9 Å². The Bertz CT molecular complexity index is 953. The van der Waals surface area contributed by atoms with E-state index in [4.69, 9.17) is 4.74 Å². The molecule has 1 aromatic rings. The minimum Gasteiger partial charge on any atom is -0.373 e. The van der Waals surface area contributed by atoms with Crippen molar-refractivity contribution in [3.8, 4) is 0 Å². The average molecular weight is 539 g/mol. The Hall–Kier alpha value is -2.72. The van der Waals surface area contributed by atoms with E-state index in [1.807, 2.05) is 5.43 Å². The molecule has 0 bridgehead atoms. The van der Waals surface area contributed by atoms with E-state index in [-0.39, 0.29) is 43.6 Å². The molecule has 4 atom stereocenters. The monoisotopic (exact) mass is 539 g/mol. The first-order valence-corrected chi connectivity index (χ1v) is 11.8. The number of hydrogen-bond donors (Lipinski definition) is 3. The Morgan fingerprint density at radius 3 is 2.32 bits per heavy atom. The Morgan fingerprint density at radius 1 is 1.05 bits per heavy atom. The van der Waals surface area contributed by atoms with Gasteiger partial charge in [-0.2, -0.15) is 26.3 Å². The van der Waals surface area contributed by atoms with Gasteiger partial charge in [0.25, 0.3) is 0 Å². The van der Waals surface area contributed by atoms with Crippen LogP contribution < -0.4 is 21.1 Å². The van der Waals surface area contributed by atoms with Gasteiger partial charge in [0.1, 0.15) is 0 Å². The fraction of sp³-hybridized carbons (Fsp3) is 0.714. The molecule has 4 rings (SSSR count). The van der Waals surface area contributed by atoms with Crippen LogP contribution in [0.15, 0.2) is 12.4 Å². The molecule has 0 aromatic carbocycles. The molecule has 3 fully saturated rings. The lowest BCUT2D eigenvalue weighted by molar-refractivity contribution is -0.193. The number of alkyl halides is 6. The second-order valence-electron chi connectivity index (χ2n) is 9.20. The molecule has 2 amide bonds. The minimum absolute atomic E-state index is 0.0892. The van der Waals surface area contributed by atoms with Crippen molar-refractivity contribution in [1.29, 1.82) is 0 Å². The van der Waals surface area contributed by atoms with Crippen LogP contribution in [0.5, 0.6) is 0 Å². The Labute approximate surface area is 208 Å². The van der Waals surface area contributed by atoms with E-state index >= 15 is 0 Å². The van der Waals surface area contributed by atoms with Crippen LogP contribution in [-0.4, -0.2) is 90.4 Å². The van der Waals surface area contributed by atoms with Crippen molar-refractivity contribution in [3.63, 3.8) is 0 Å². The van der Waals surface area contributed by atoms with Gasteiger partial charge in [-0.05, 0) is 12.8 Å². The molecule has 3 N–H and O–H groups in total. The third kappa shape index (κ3) is 6.78. The summed E-state index contributed by atoms with van der Waals surface area (Å²) in [6.45, 7) is 1.43. The molecule has 0 aliphatic carbocycles. The van der Waals surface area contributed by atoms with Gasteiger partial charge in [-0.15, -0.1) is 0 Å². The largest absolute Gasteiger partial charge is 0.419 e. The number of anilines is 1. The molecule has 3 saturated heterocycles. The maximum Gasteiger partial charge on any atom is 0.419 e. The Balaban J connectivity index is 1.20. The van der Waals surface area contributed by atoms with E-state index < -0.39 is 35.8 Å². The molecule has 0 saturated carbocycles. The van der Waals surface area contributed by atoms with Crippen LogP contribution in [0.25, 0.3) is 0 Å². The molecule has 0 spiro atoms. The van der Waals surface area contributed by atoms with Gasteiger partial charge in [-0.1, -0.05) is 0 Å². The van der Waals surface area contributed by atoms with E-state index in [2.05, 4.69) is 20.7 Å². The normalized spacial score (nSPS) is 27.4. The molecule has 16 heteroatoms. The molecule has 3 aliphatic heterocycles. The maximum atomic E-state index is 13.3. The van der Waals surface area contributed by atoms with Crippen LogP contribution in [0.2, 0.25) is 0 Å². The second kappa shape index (κ2) is 10.9. The zero-order valence-corrected chi connectivity index (χ0v) is 19.6. The van der Waals surface area contributed by atoms with Gasteiger partial charge in [-0.3, -0.25) is 15.0 Å². The summed E-state index contributed by atoms with van der Waals surface area (Å²) in [6, 6.07) is -1.14. The smallest absolute Gasteiger partial charge is 0.373 e. The number of rotatable bonds is 6. The van der Waals surface area contributed by atoms with Gasteiger partial charge < -0.3 is 19.9 Å². The Kier molecular flexibility index (Phi) is 8.08. The first kappa shape index (κ1) is 27.3. The highest BCUT2D eigenvalue weighted by molar-refractivity contribution is 5.80. The van der Waals surface area contributed by atoms with Crippen LogP contribution >= 0.6 is 0 Å². The number of carbonyl (C=O) groups excluding carboxylic acids is 2. The van der Waals surface area contributed by atoms with Crippen LogP contribution in [0.3, 0.4) is 0 Å². The molecular weight excluding hydrogens is 512 g/mol. The molecule has 3 aliphatic rings. The van der Waals surface area contributed by atoms with Crippen LogP contribution in [0, 0.1) is 5.92 Å². The molecular formula is C21H27F6N7O3. The molecule has 2 unspecified atom stereocenters. The lowest BCUT2D eigenvalue weighted by Crippen LogP contribution is -2.64. The van der Waals surface area contributed by atoms with E-state index in [0.29, 0.717) is 39.0 Å². The maximum absolute atomic E-state index is 13.3. The summed E-state index contributed by atoms with van der Waals surface area (Å²) < 4.78 is 83.7. The zero-order chi connectivity index (χ0) is 26.8. The second-order valence-corrected chi connectivity index (χ2v) is 9.20. The number of carbonyl (C=O) groups is 2. The SMILES string of the molecule is O=C1NNCC(NC[C@@H]2CC[C@H](CC(=O)N3CCN(c4ncc(C(F)(F)F)cn4)CC3)O2)C1C(F)(F)F. The lowest BCUT2D eigenvalue weighted by atomic mass is 9.96. The van der Waals surface area contributed by atoms with Gasteiger partial charge >= 0.3 is 12.4 Å². The number of ether oxygens (including phenoxy) is 1. The molecule has 4 heterocycles. The highest BCUT2D eigenvalue weighted by Gasteiger charge is 2.51. The average Bonchev–Trinajstić information content (AvgIpc) is 3.28. The van der Waals surface area contributed by atoms with E-state index in [1.54, 1.807) is 9.80 Å². The van der Waals surface area contributed by atoms with Crippen molar-refractivity contribution in [2.24, 2.45) is 5.92 Å². The molecule has 206 valence electrons. The first-order chi connectivity index (χ1) is 17.4. The van der Waals surface area contributed by atoms with Crippen LogP contribution in [0.4, 0.5) is 32.3 Å². The highest BCUT2D eigenvalue weighted by Crippen LogP contribution is 2.31. The predicted octanol–water partition coefficient (Wildman–Crippen LogP) is 0.853. The first-order valence-electron chi connectivity index (χ1n) is 11.8. The summed E-state index contributed by atoms with van der Waals surface area (Å²) in [7, 11) is 0. The topological polar surface area (TPSA) is 112 Å². The molecule has 0 radical (unpaired) electrons. The summed E-state index contributed by atoms with van der Waals surface area (Å²) in [5, 5.41) is 2.78. The van der Waals surface area contributed by atoms with Crippen LogP contribution in [0.1, 0.15) is 24.8 Å². The number of halogens is 6. The summed E-state index contributed by atoms with van der Waals surface area (Å²) in [6.07, 6.45) is -7.25. The zero-order valence-electron chi connectivity index (χ0n) is 19.6. The number of nitrogens with zero attached hydrogens (tertiary/aromatic N) is 4. The third-order valence-corrected chi connectivity index (χ3v) is 6.66. The summed E-state index contributed by atoms with van der Waals surface area (Å²) >= 11 is 0. The number of amides is 2. The number of piperazine rings is 1. The number of nitrogens with one attached hydrogen (secondary N) is 3. The van der Waals surface area contributed by atoms with E-state index in [1.165, 1.54) is 0 Å². The molecule has 1 aromatic heterocycles. The number of hydrazine groups is 1. The van der Waals surface area contributed by atoms with Gasteiger partial charge in [0.2, 0.25) is 17.8 Å². The number of hydrogen-bond acceptors (Lipinski definition) is 8. The molecule has 10 nitrogen and oxygen atoms in total. The fourth-order valence-electron chi connectivity index (χ4n) is 4.67. The summed E-state index contributed by atoms with van der Waals surface area (Å²) in [4.78, 5) is 35.3. The van der Waals surface area contributed by atoms with Crippen molar-refractivity contribution in [1.82, 2.24) is 31.0 Å². The lowest BCUT2D eigenvalue weighted by Gasteiger charge is -2.35. The highest BCUT2D eigenvalue weighted by atomic mass is 19.4. The standard InChI is InChI=1S/C21H27F6N7O3/c22-20(23,24)12-8-29-19(30-9-12)34-5-3-33(4-6-34)16(35)7-13-1-2-14(37-13)10-28-15-11-31-32-18(36)17(15)21(25,26)27/h8-9,13-15,17,28,31H,1-7,10-11H2,(H,32,36)/t13-,14+,15?,17?/m1/s1. The van der Waals surface area contributed by atoms with Gasteiger partial charge in [0.15, 0.2) is 5.92 Å². The van der Waals surface area contributed by atoms with Crippen molar-refractivity contribution in [3.05, 3.63) is 18.0 Å². The van der Waals surface area contributed by atoms with Gasteiger partial charge in [-0.25, -0.2) is 15.4 Å². The summed E-state index contributed by atoms with van der Waals surface area (Å²) in [5.41, 5.74) is 3.51. The van der Waals surface area contributed by atoms with Crippen molar-refractivity contribution >= 4 is 17.8 Å². The van der Waals surface area contributed by atoms with Gasteiger partial charge in [0.05, 0.1) is 24.2 Å². The fourth-order valence-corrected chi connectivity index (χ4v) is 4.67. The Morgan fingerprint density at radius 2 is 1.70 bits per heavy atom. The minimum atomic E-state index is -4.68.